The molecular weight excluding hydrogens is 230 g/mol. The van der Waals surface area contributed by atoms with Gasteiger partial charge < -0.3 is 5.73 Å². The van der Waals surface area contributed by atoms with Crippen LogP contribution in [0, 0.1) is 6.92 Å². The van der Waals surface area contributed by atoms with Crippen molar-refractivity contribution in [2.24, 2.45) is 5.73 Å². The van der Waals surface area contributed by atoms with Crippen LogP contribution >= 0.6 is 11.3 Å². The van der Waals surface area contributed by atoms with Crippen LogP contribution in [-0.2, 0) is 6.42 Å². The van der Waals surface area contributed by atoms with Crippen LogP contribution in [0.3, 0.4) is 0 Å². The van der Waals surface area contributed by atoms with Gasteiger partial charge >= 0.3 is 0 Å². The molecule has 4 heteroatoms. The summed E-state index contributed by atoms with van der Waals surface area (Å²) in [5, 5.41) is 10.3. The van der Waals surface area contributed by atoms with Gasteiger partial charge in [0.15, 0.2) is 0 Å². The molecule has 0 aliphatic rings. The molecule has 1 aromatic heterocycles. The summed E-state index contributed by atoms with van der Waals surface area (Å²) in [5.74, 6) is 0. The first-order valence-electron chi connectivity index (χ1n) is 5.83. The summed E-state index contributed by atoms with van der Waals surface area (Å²) < 4.78 is 0. The van der Waals surface area contributed by atoms with E-state index in [0.717, 1.165) is 22.9 Å². The number of rotatable bonds is 4. The molecule has 1 heterocycles. The SMILES string of the molecule is CCC(N)c1nnc(Cc2ccccc2C)s1. The fourth-order valence-electron chi connectivity index (χ4n) is 1.63. The second-order valence-corrected chi connectivity index (χ2v) is 5.25. The Bertz CT molecular complexity index is 493. The molecule has 0 saturated carbocycles. The molecule has 90 valence electrons. The molecule has 1 atom stereocenters. The third-order valence-corrected chi connectivity index (χ3v) is 3.90. The van der Waals surface area contributed by atoms with Crippen LogP contribution in [0.4, 0.5) is 0 Å². The highest BCUT2D eigenvalue weighted by Crippen LogP contribution is 2.21. The average molecular weight is 247 g/mol. The predicted molar refractivity (Wildman–Crippen MR) is 71.1 cm³/mol. The normalized spacial score (nSPS) is 12.6. The highest BCUT2D eigenvalue weighted by molar-refractivity contribution is 7.11. The minimum Gasteiger partial charge on any atom is -0.322 e. The summed E-state index contributed by atoms with van der Waals surface area (Å²) in [5.41, 5.74) is 8.54. The highest BCUT2D eigenvalue weighted by Gasteiger charge is 2.11. The summed E-state index contributed by atoms with van der Waals surface area (Å²) in [4.78, 5) is 0. The maximum Gasteiger partial charge on any atom is 0.134 e. The molecule has 2 aromatic rings. The number of nitrogens with zero attached hydrogens (tertiary/aromatic N) is 2. The Labute approximate surface area is 106 Å². The zero-order chi connectivity index (χ0) is 12.3. The van der Waals surface area contributed by atoms with Gasteiger partial charge in [0.2, 0.25) is 0 Å². The lowest BCUT2D eigenvalue weighted by Crippen LogP contribution is -2.07. The third-order valence-electron chi connectivity index (χ3n) is 2.84. The molecule has 0 fully saturated rings. The van der Waals surface area contributed by atoms with Crippen LogP contribution < -0.4 is 5.73 Å². The number of aromatic nitrogens is 2. The quantitative estimate of drug-likeness (QED) is 0.904. The van der Waals surface area contributed by atoms with Gasteiger partial charge in [-0.25, -0.2) is 0 Å². The second-order valence-electron chi connectivity index (χ2n) is 4.15. The molecule has 0 bridgehead atoms. The van der Waals surface area contributed by atoms with Crippen molar-refractivity contribution in [3.63, 3.8) is 0 Å². The third kappa shape index (κ3) is 2.90. The molecule has 1 aromatic carbocycles. The molecule has 0 amide bonds. The summed E-state index contributed by atoms with van der Waals surface area (Å²) in [6.07, 6.45) is 1.75. The van der Waals surface area contributed by atoms with Gasteiger partial charge in [-0.3, -0.25) is 0 Å². The number of hydrogen-bond donors (Lipinski definition) is 1. The molecule has 0 aliphatic heterocycles. The number of hydrogen-bond acceptors (Lipinski definition) is 4. The molecule has 3 nitrogen and oxygen atoms in total. The lowest BCUT2D eigenvalue weighted by atomic mass is 10.1. The summed E-state index contributed by atoms with van der Waals surface area (Å²) in [7, 11) is 0. The fraction of sp³-hybridized carbons (Fsp3) is 0.385. The molecule has 0 radical (unpaired) electrons. The van der Waals surface area contributed by atoms with Crippen molar-refractivity contribution < 1.29 is 0 Å². The van der Waals surface area contributed by atoms with Gasteiger partial charge in [0, 0.05) is 6.42 Å². The van der Waals surface area contributed by atoms with E-state index < -0.39 is 0 Å². The minimum atomic E-state index is 0.0260. The van der Waals surface area contributed by atoms with E-state index in [9.17, 15) is 0 Å². The van der Waals surface area contributed by atoms with Crippen LogP contribution in [0.15, 0.2) is 24.3 Å². The standard InChI is InChI=1S/C13H17N3S/c1-3-11(14)13-16-15-12(17-13)8-10-7-5-4-6-9(10)2/h4-7,11H,3,8,14H2,1-2H3. The van der Waals surface area contributed by atoms with Gasteiger partial charge in [0.25, 0.3) is 0 Å². The molecule has 1 unspecified atom stereocenters. The Kier molecular flexibility index (Phi) is 3.86. The number of benzene rings is 1. The lowest BCUT2D eigenvalue weighted by molar-refractivity contribution is 0.682. The summed E-state index contributed by atoms with van der Waals surface area (Å²) in [6, 6.07) is 8.39. The van der Waals surface area contributed by atoms with Crippen molar-refractivity contribution in [1.29, 1.82) is 0 Å². The Morgan fingerprint density at radius 2 is 2.06 bits per heavy atom. The van der Waals surface area contributed by atoms with Crippen LogP contribution in [0.25, 0.3) is 0 Å². The van der Waals surface area contributed by atoms with E-state index in [1.165, 1.54) is 11.1 Å². The summed E-state index contributed by atoms with van der Waals surface area (Å²) >= 11 is 1.62. The Balaban J connectivity index is 2.14. The monoisotopic (exact) mass is 247 g/mol. The van der Waals surface area contributed by atoms with E-state index in [1.54, 1.807) is 11.3 Å². The lowest BCUT2D eigenvalue weighted by Gasteiger charge is -2.02. The van der Waals surface area contributed by atoms with Gasteiger partial charge in [-0.2, -0.15) is 0 Å². The molecule has 0 aliphatic carbocycles. The smallest absolute Gasteiger partial charge is 0.134 e. The largest absolute Gasteiger partial charge is 0.322 e. The van der Waals surface area contributed by atoms with Crippen molar-refractivity contribution in [2.45, 2.75) is 32.7 Å². The fourth-order valence-corrected chi connectivity index (χ4v) is 2.58. The van der Waals surface area contributed by atoms with Gasteiger partial charge in [-0.05, 0) is 24.5 Å². The minimum absolute atomic E-state index is 0.0260. The van der Waals surface area contributed by atoms with Gasteiger partial charge in [0.05, 0.1) is 6.04 Å². The Hall–Kier alpha value is -1.26. The molecule has 0 saturated heterocycles. The first-order valence-corrected chi connectivity index (χ1v) is 6.64. The molecule has 2 N–H and O–H groups in total. The van der Waals surface area contributed by atoms with Crippen LogP contribution in [0.1, 0.15) is 40.5 Å². The Morgan fingerprint density at radius 3 is 2.76 bits per heavy atom. The molecule has 0 spiro atoms. The maximum absolute atomic E-state index is 5.94. The van der Waals surface area contributed by atoms with E-state index in [4.69, 9.17) is 5.73 Å². The second kappa shape index (κ2) is 5.38. The summed E-state index contributed by atoms with van der Waals surface area (Å²) in [6.45, 7) is 4.18. The van der Waals surface area contributed by atoms with Crippen LogP contribution in [0.5, 0.6) is 0 Å². The number of nitrogens with two attached hydrogens (primary N) is 1. The van der Waals surface area contributed by atoms with Crippen LogP contribution in [0.2, 0.25) is 0 Å². The van der Waals surface area contributed by atoms with Crippen LogP contribution in [-0.4, -0.2) is 10.2 Å². The Morgan fingerprint density at radius 1 is 1.29 bits per heavy atom. The van der Waals surface area contributed by atoms with Gasteiger partial charge in [-0.15, -0.1) is 10.2 Å². The van der Waals surface area contributed by atoms with Crippen molar-refractivity contribution in [1.82, 2.24) is 10.2 Å². The van der Waals surface area contributed by atoms with Gasteiger partial charge in [0.1, 0.15) is 10.0 Å². The van der Waals surface area contributed by atoms with Crippen molar-refractivity contribution in [2.75, 3.05) is 0 Å². The zero-order valence-electron chi connectivity index (χ0n) is 10.2. The van der Waals surface area contributed by atoms with E-state index in [-0.39, 0.29) is 6.04 Å². The maximum atomic E-state index is 5.94. The molecule has 2 rings (SSSR count). The van der Waals surface area contributed by atoms with Gasteiger partial charge in [-0.1, -0.05) is 42.5 Å². The first-order chi connectivity index (χ1) is 8.20. The topological polar surface area (TPSA) is 51.8 Å². The van der Waals surface area contributed by atoms with Crippen molar-refractivity contribution in [3.8, 4) is 0 Å². The van der Waals surface area contributed by atoms with E-state index in [0.29, 0.717) is 0 Å². The van der Waals surface area contributed by atoms with E-state index >= 15 is 0 Å². The van der Waals surface area contributed by atoms with E-state index in [1.807, 2.05) is 0 Å². The van der Waals surface area contributed by atoms with Crippen molar-refractivity contribution >= 4 is 11.3 Å². The molecule has 17 heavy (non-hydrogen) atoms. The first kappa shape index (κ1) is 12.2. The zero-order valence-corrected chi connectivity index (χ0v) is 11.0. The van der Waals surface area contributed by atoms with Crippen molar-refractivity contribution in [3.05, 3.63) is 45.4 Å². The van der Waals surface area contributed by atoms with E-state index in [2.05, 4.69) is 48.3 Å². The average Bonchev–Trinajstić information content (AvgIpc) is 2.80. The molecular formula is C13H17N3S. The highest BCUT2D eigenvalue weighted by atomic mass is 32.1. The number of aryl methyl sites for hydroxylation is 1. The predicted octanol–water partition coefficient (Wildman–Crippen LogP) is 2.85.